The molecule has 1 aliphatic carbocycles. The number of aliphatic hydroxyl groups excluding tert-OH is 1. The van der Waals surface area contributed by atoms with E-state index in [0.717, 1.165) is 6.42 Å². The molecular weight excluding hydrogens is 230 g/mol. The predicted molar refractivity (Wildman–Crippen MR) is 75.7 cm³/mol. The molecule has 1 saturated heterocycles. The third kappa shape index (κ3) is 4.15. The van der Waals surface area contributed by atoms with Crippen LogP contribution >= 0.6 is 11.8 Å². The monoisotopic (exact) mass is 257 g/mol. The zero-order valence-corrected chi connectivity index (χ0v) is 11.8. The largest absolute Gasteiger partial charge is 0.396 e. The van der Waals surface area contributed by atoms with Crippen LogP contribution in [0.5, 0.6) is 0 Å². The molecule has 0 radical (unpaired) electrons. The molecule has 1 spiro atoms. The Bertz CT molecular complexity index is 211. The number of thioether (sulfide) groups is 1. The highest BCUT2D eigenvalue weighted by atomic mass is 32.2. The highest BCUT2D eigenvalue weighted by Gasteiger charge is 2.36. The van der Waals surface area contributed by atoms with Crippen molar-refractivity contribution >= 4 is 11.8 Å². The fourth-order valence-corrected chi connectivity index (χ4v) is 4.87. The Morgan fingerprint density at radius 1 is 1.06 bits per heavy atom. The molecule has 2 fully saturated rings. The van der Waals surface area contributed by atoms with Gasteiger partial charge in [-0.3, -0.25) is 0 Å². The van der Waals surface area contributed by atoms with Crippen LogP contribution in [0.2, 0.25) is 0 Å². The summed E-state index contributed by atoms with van der Waals surface area (Å²) in [6.07, 6.45) is 10.7. The van der Waals surface area contributed by atoms with Gasteiger partial charge in [-0.05, 0) is 38.6 Å². The van der Waals surface area contributed by atoms with Crippen LogP contribution in [0, 0.1) is 0 Å². The van der Waals surface area contributed by atoms with E-state index in [1.807, 2.05) is 0 Å². The second-order valence-electron chi connectivity index (χ2n) is 5.65. The van der Waals surface area contributed by atoms with Gasteiger partial charge in [-0.25, -0.2) is 0 Å². The summed E-state index contributed by atoms with van der Waals surface area (Å²) >= 11 is 2.25. The summed E-state index contributed by atoms with van der Waals surface area (Å²) < 4.78 is 0.619. The van der Waals surface area contributed by atoms with Crippen molar-refractivity contribution in [1.82, 2.24) is 4.90 Å². The maximum atomic E-state index is 8.79. The first-order valence-corrected chi connectivity index (χ1v) is 8.30. The van der Waals surface area contributed by atoms with Crippen LogP contribution in [-0.2, 0) is 0 Å². The molecule has 0 unspecified atom stereocenters. The molecule has 0 amide bonds. The zero-order valence-electron chi connectivity index (χ0n) is 11.0. The SMILES string of the molecule is OCCCCCN1CCSC2(CCCCC2)C1. The lowest BCUT2D eigenvalue weighted by molar-refractivity contribution is 0.212. The maximum Gasteiger partial charge on any atom is 0.0431 e. The molecule has 17 heavy (non-hydrogen) atoms. The summed E-state index contributed by atoms with van der Waals surface area (Å²) in [7, 11) is 0. The van der Waals surface area contributed by atoms with Gasteiger partial charge in [0.05, 0.1) is 0 Å². The minimum atomic E-state index is 0.361. The van der Waals surface area contributed by atoms with Crippen LogP contribution in [0.25, 0.3) is 0 Å². The highest BCUT2D eigenvalue weighted by molar-refractivity contribution is 8.00. The molecule has 2 rings (SSSR count). The van der Waals surface area contributed by atoms with Gasteiger partial charge < -0.3 is 10.0 Å². The number of nitrogens with zero attached hydrogens (tertiary/aromatic N) is 1. The van der Waals surface area contributed by atoms with Gasteiger partial charge in [0.1, 0.15) is 0 Å². The molecular formula is C14H27NOS. The van der Waals surface area contributed by atoms with E-state index in [1.165, 1.54) is 70.3 Å². The topological polar surface area (TPSA) is 23.5 Å². The van der Waals surface area contributed by atoms with Gasteiger partial charge >= 0.3 is 0 Å². The second-order valence-corrected chi connectivity index (χ2v) is 7.22. The Morgan fingerprint density at radius 2 is 1.88 bits per heavy atom. The maximum absolute atomic E-state index is 8.79. The molecule has 1 heterocycles. The van der Waals surface area contributed by atoms with E-state index in [4.69, 9.17) is 5.11 Å². The van der Waals surface area contributed by atoms with Crippen molar-refractivity contribution in [1.29, 1.82) is 0 Å². The second kappa shape index (κ2) is 7.01. The smallest absolute Gasteiger partial charge is 0.0431 e. The van der Waals surface area contributed by atoms with Crippen LogP contribution in [0.4, 0.5) is 0 Å². The Kier molecular flexibility index (Phi) is 5.64. The molecule has 0 aromatic carbocycles. The molecule has 0 aromatic rings. The molecule has 2 nitrogen and oxygen atoms in total. The van der Waals surface area contributed by atoms with Gasteiger partial charge in [-0.2, -0.15) is 11.8 Å². The summed E-state index contributed by atoms with van der Waals surface area (Å²) in [5.74, 6) is 1.33. The molecule has 0 bridgehead atoms. The highest BCUT2D eigenvalue weighted by Crippen LogP contribution is 2.42. The van der Waals surface area contributed by atoms with E-state index < -0.39 is 0 Å². The summed E-state index contributed by atoms with van der Waals surface area (Å²) in [4.78, 5) is 2.68. The Balaban J connectivity index is 1.72. The lowest BCUT2D eigenvalue weighted by atomic mass is 9.87. The molecule has 1 saturated carbocycles. The van der Waals surface area contributed by atoms with Crippen LogP contribution < -0.4 is 0 Å². The minimum Gasteiger partial charge on any atom is -0.396 e. The number of aliphatic hydroxyl groups is 1. The summed E-state index contributed by atoms with van der Waals surface area (Å²) in [5.41, 5.74) is 0. The van der Waals surface area contributed by atoms with Crippen molar-refractivity contribution in [2.24, 2.45) is 0 Å². The van der Waals surface area contributed by atoms with Gasteiger partial charge in [-0.1, -0.05) is 19.3 Å². The number of hydrogen-bond acceptors (Lipinski definition) is 3. The van der Waals surface area contributed by atoms with E-state index in [0.29, 0.717) is 11.4 Å². The van der Waals surface area contributed by atoms with Crippen molar-refractivity contribution in [2.45, 2.75) is 56.1 Å². The third-order valence-electron chi connectivity index (χ3n) is 4.22. The Morgan fingerprint density at radius 3 is 2.65 bits per heavy atom. The molecule has 3 heteroatoms. The van der Waals surface area contributed by atoms with Crippen LogP contribution in [-0.4, -0.2) is 46.7 Å². The van der Waals surface area contributed by atoms with Gasteiger partial charge in [0, 0.05) is 30.2 Å². The zero-order chi connectivity index (χ0) is 12.0. The first kappa shape index (κ1) is 13.7. The van der Waals surface area contributed by atoms with Crippen molar-refractivity contribution < 1.29 is 5.11 Å². The molecule has 0 atom stereocenters. The normalized spacial score (nSPS) is 25.2. The lowest BCUT2D eigenvalue weighted by Gasteiger charge is -2.44. The quantitative estimate of drug-likeness (QED) is 0.766. The van der Waals surface area contributed by atoms with E-state index in [-0.39, 0.29) is 0 Å². The summed E-state index contributed by atoms with van der Waals surface area (Å²) in [5, 5.41) is 8.79. The average Bonchev–Trinajstić information content (AvgIpc) is 2.36. The van der Waals surface area contributed by atoms with Gasteiger partial charge in [0.25, 0.3) is 0 Å². The van der Waals surface area contributed by atoms with Crippen molar-refractivity contribution in [3.05, 3.63) is 0 Å². The van der Waals surface area contributed by atoms with Crippen LogP contribution in [0.3, 0.4) is 0 Å². The summed E-state index contributed by atoms with van der Waals surface area (Å²) in [6.45, 7) is 4.23. The Hall–Kier alpha value is 0.270. The predicted octanol–water partition coefficient (Wildman–Crippen LogP) is 2.90. The van der Waals surface area contributed by atoms with Crippen molar-refractivity contribution in [3.63, 3.8) is 0 Å². The van der Waals surface area contributed by atoms with Crippen LogP contribution in [0.15, 0.2) is 0 Å². The van der Waals surface area contributed by atoms with E-state index in [1.54, 1.807) is 0 Å². The molecule has 1 N–H and O–H groups in total. The van der Waals surface area contributed by atoms with Crippen molar-refractivity contribution in [3.8, 4) is 0 Å². The Labute approximate surface area is 110 Å². The van der Waals surface area contributed by atoms with Crippen LogP contribution in [0.1, 0.15) is 51.4 Å². The molecule has 100 valence electrons. The van der Waals surface area contributed by atoms with E-state index >= 15 is 0 Å². The van der Waals surface area contributed by atoms with Gasteiger partial charge in [-0.15, -0.1) is 0 Å². The number of unbranched alkanes of at least 4 members (excludes halogenated alkanes) is 2. The molecule has 2 aliphatic rings. The lowest BCUT2D eigenvalue weighted by Crippen LogP contribution is -2.47. The van der Waals surface area contributed by atoms with Crippen molar-refractivity contribution in [2.75, 3.05) is 32.0 Å². The number of rotatable bonds is 5. The third-order valence-corrected chi connectivity index (χ3v) is 5.76. The summed E-state index contributed by atoms with van der Waals surface area (Å²) in [6, 6.07) is 0. The van der Waals surface area contributed by atoms with Gasteiger partial charge in [0.2, 0.25) is 0 Å². The van der Waals surface area contributed by atoms with E-state index in [9.17, 15) is 0 Å². The fraction of sp³-hybridized carbons (Fsp3) is 1.00. The minimum absolute atomic E-state index is 0.361. The fourth-order valence-electron chi connectivity index (χ4n) is 3.24. The standard InChI is InChI=1S/C14H27NOS/c16-11-6-2-5-9-15-10-12-17-14(13-15)7-3-1-4-8-14/h16H,1-13H2. The molecule has 1 aliphatic heterocycles. The molecule has 0 aromatic heterocycles. The van der Waals surface area contributed by atoms with Gasteiger partial charge in [0.15, 0.2) is 0 Å². The first-order valence-electron chi connectivity index (χ1n) is 7.32. The average molecular weight is 257 g/mol. The van der Waals surface area contributed by atoms with E-state index in [2.05, 4.69) is 16.7 Å². The number of hydrogen-bond donors (Lipinski definition) is 1. The first-order chi connectivity index (χ1) is 8.35.